The second-order valence-corrected chi connectivity index (χ2v) is 8.25. The molecule has 1 saturated heterocycles. The van der Waals surface area contributed by atoms with E-state index in [0.29, 0.717) is 23.5 Å². The summed E-state index contributed by atoms with van der Waals surface area (Å²) < 4.78 is 27.6. The minimum atomic E-state index is -3.08. The van der Waals surface area contributed by atoms with Gasteiger partial charge in [-0.05, 0) is 18.6 Å². The smallest absolute Gasteiger partial charge is 0.339 e. The number of hydrogen-bond acceptors (Lipinski definition) is 8. The summed E-state index contributed by atoms with van der Waals surface area (Å²) in [6, 6.07) is 6.35. The van der Waals surface area contributed by atoms with Crippen LogP contribution in [0.1, 0.15) is 27.3 Å². The molecule has 2 N–H and O–H groups in total. The lowest BCUT2D eigenvalue weighted by molar-refractivity contribution is 0.0601. The van der Waals surface area contributed by atoms with E-state index in [4.69, 9.17) is 4.74 Å². The van der Waals surface area contributed by atoms with E-state index in [0.717, 1.165) is 0 Å². The van der Waals surface area contributed by atoms with E-state index in [-0.39, 0.29) is 17.2 Å². The number of aromatic nitrogens is 2. The fourth-order valence-electron chi connectivity index (χ4n) is 2.70. The molecule has 0 bridgehead atoms. The van der Waals surface area contributed by atoms with Gasteiger partial charge in [-0.25, -0.2) is 23.2 Å². The second-order valence-electron chi connectivity index (χ2n) is 6.02. The predicted octanol–water partition coefficient (Wildman–Crippen LogP) is 0.924. The lowest BCUT2D eigenvalue weighted by Gasteiger charge is -2.11. The quantitative estimate of drug-likeness (QED) is 0.722. The van der Waals surface area contributed by atoms with Gasteiger partial charge in [0.25, 0.3) is 5.91 Å². The number of sulfone groups is 1. The summed E-state index contributed by atoms with van der Waals surface area (Å²) in [6.07, 6.45) is 3.03. The first-order chi connectivity index (χ1) is 12.9. The molecule has 2 aromatic rings. The second kappa shape index (κ2) is 7.70. The molecule has 142 valence electrons. The lowest BCUT2D eigenvalue weighted by atomic mass is 10.2. The molecule has 1 amide bonds. The fraction of sp³-hybridized carbons (Fsp3) is 0.294. The maximum Gasteiger partial charge on any atom is 0.339 e. The SMILES string of the molecule is COC(=O)c1ccccc1Nc1cnc(C(=O)NC2CCS(=O)(=O)C2)cn1. The van der Waals surface area contributed by atoms with Gasteiger partial charge in [-0.3, -0.25) is 4.79 Å². The number of carbonyl (C=O) groups is 2. The molecular formula is C17H18N4O5S. The third kappa shape index (κ3) is 4.59. The molecule has 10 heteroatoms. The van der Waals surface area contributed by atoms with Crippen LogP contribution in [0.5, 0.6) is 0 Å². The highest BCUT2D eigenvalue weighted by molar-refractivity contribution is 7.91. The predicted molar refractivity (Wildman–Crippen MR) is 97.6 cm³/mol. The number of para-hydroxylation sites is 1. The minimum Gasteiger partial charge on any atom is -0.465 e. The molecule has 1 fully saturated rings. The van der Waals surface area contributed by atoms with Crippen molar-refractivity contribution in [3.8, 4) is 0 Å². The maximum atomic E-state index is 12.2. The fourth-order valence-corrected chi connectivity index (χ4v) is 4.37. The number of nitrogens with zero attached hydrogens (tertiary/aromatic N) is 2. The normalized spacial score (nSPS) is 17.9. The largest absolute Gasteiger partial charge is 0.465 e. The molecule has 1 aromatic heterocycles. The van der Waals surface area contributed by atoms with Crippen molar-refractivity contribution in [1.29, 1.82) is 0 Å². The summed E-state index contributed by atoms with van der Waals surface area (Å²) in [5.74, 6) is -0.617. The van der Waals surface area contributed by atoms with E-state index in [1.165, 1.54) is 19.5 Å². The van der Waals surface area contributed by atoms with Crippen molar-refractivity contribution in [2.45, 2.75) is 12.5 Å². The number of esters is 1. The monoisotopic (exact) mass is 390 g/mol. The van der Waals surface area contributed by atoms with Gasteiger partial charge in [0, 0.05) is 6.04 Å². The highest BCUT2D eigenvalue weighted by Crippen LogP contribution is 2.20. The van der Waals surface area contributed by atoms with Gasteiger partial charge in [0.2, 0.25) is 0 Å². The Labute approximate surface area is 156 Å². The van der Waals surface area contributed by atoms with Gasteiger partial charge in [-0.15, -0.1) is 0 Å². The number of ether oxygens (including phenoxy) is 1. The zero-order chi connectivity index (χ0) is 19.4. The van der Waals surface area contributed by atoms with E-state index in [9.17, 15) is 18.0 Å². The Morgan fingerprint density at radius 2 is 1.96 bits per heavy atom. The summed E-state index contributed by atoms with van der Waals surface area (Å²) in [7, 11) is -1.78. The van der Waals surface area contributed by atoms with Crippen LogP contribution < -0.4 is 10.6 Å². The number of methoxy groups -OCH3 is 1. The lowest BCUT2D eigenvalue weighted by Crippen LogP contribution is -2.36. The molecule has 1 unspecified atom stereocenters. The maximum absolute atomic E-state index is 12.2. The zero-order valence-electron chi connectivity index (χ0n) is 14.5. The molecular weight excluding hydrogens is 372 g/mol. The van der Waals surface area contributed by atoms with Crippen LogP contribution in [0.2, 0.25) is 0 Å². The van der Waals surface area contributed by atoms with Crippen LogP contribution in [0.25, 0.3) is 0 Å². The Morgan fingerprint density at radius 1 is 1.19 bits per heavy atom. The number of rotatable bonds is 5. The standard InChI is InChI=1S/C17H18N4O5S/c1-26-17(23)12-4-2-3-5-13(12)21-15-9-18-14(8-19-15)16(22)20-11-6-7-27(24,25)10-11/h2-5,8-9,11H,6-7,10H2,1H3,(H,19,21)(H,20,22). The third-order valence-corrected chi connectivity index (χ3v) is 5.82. The first-order valence-corrected chi connectivity index (χ1v) is 9.98. The van der Waals surface area contributed by atoms with Crippen LogP contribution in [-0.2, 0) is 14.6 Å². The van der Waals surface area contributed by atoms with E-state index in [2.05, 4.69) is 20.6 Å². The molecule has 0 spiro atoms. The summed E-state index contributed by atoms with van der Waals surface area (Å²) in [4.78, 5) is 32.1. The van der Waals surface area contributed by atoms with E-state index in [1.54, 1.807) is 24.3 Å². The number of hydrogen-bond donors (Lipinski definition) is 2. The van der Waals surface area contributed by atoms with Crippen molar-refractivity contribution in [2.24, 2.45) is 0 Å². The first kappa shape index (κ1) is 18.8. The molecule has 1 aliphatic rings. The molecule has 3 rings (SSSR count). The Balaban J connectivity index is 1.67. The number of nitrogens with one attached hydrogen (secondary N) is 2. The van der Waals surface area contributed by atoms with Crippen LogP contribution in [0.3, 0.4) is 0 Å². The average Bonchev–Trinajstić information content (AvgIpc) is 3.00. The molecule has 1 aromatic carbocycles. The van der Waals surface area contributed by atoms with Crippen molar-refractivity contribution in [1.82, 2.24) is 15.3 Å². The van der Waals surface area contributed by atoms with Crippen molar-refractivity contribution >= 4 is 33.2 Å². The van der Waals surface area contributed by atoms with Crippen LogP contribution in [0, 0.1) is 0 Å². The van der Waals surface area contributed by atoms with Gasteiger partial charge in [0.15, 0.2) is 9.84 Å². The average molecular weight is 390 g/mol. The number of anilines is 2. The third-order valence-electron chi connectivity index (χ3n) is 4.05. The van der Waals surface area contributed by atoms with E-state index < -0.39 is 27.8 Å². The number of carbonyl (C=O) groups excluding carboxylic acids is 2. The molecule has 0 radical (unpaired) electrons. The Bertz CT molecular complexity index is 960. The van der Waals surface area contributed by atoms with Gasteiger partial charge in [-0.2, -0.15) is 0 Å². The summed E-state index contributed by atoms with van der Waals surface area (Å²) in [5, 5.41) is 5.60. The summed E-state index contributed by atoms with van der Waals surface area (Å²) in [6.45, 7) is 0. The molecule has 0 aliphatic carbocycles. The van der Waals surface area contributed by atoms with Gasteiger partial charge >= 0.3 is 5.97 Å². The van der Waals surface area contributed by atoms with Crippen molar-refractivity contribution in [3.05, 3.63) is 47.9 Å². The van der Waals surface area contributed by atoms with Gasteiger partial charge < -0.3 is 15.4 Å². The molecule has 9 nitrogen and oxygen atoms in total. The summed E-state index contributed by atoms with van der Waals surface area (Å²) in [5.41, 5.74) is 0.907. The Morgan fingerprint density at radius 3 is 2.59 bits per heavy atom. The van der Waals surface area contributed by atoms with Gasteiger partial charge in [0.05, 0.1) is 42.3 Å². The Kier molecular flexibility index (Phi) is 5.36. The highest BCUT2D eigenvalue weighted by Gasteiger charge is 2.29. The molecule has 1 atom stereocenters. The van der Waals surface area contributed by atoms with Crippen LogP contribution in [0.4, 0.5) is 11.5 Å². The summed E-state index contributed by atoms with van der Waals surface area (Å²) >= 11 is 0. The number of amides is 1. The number of benzene rings is 1. The molecule has 0 saturated carbocycles. The molecule has 27 heavy (non-hydrogen) atoms. The van der Waals surface area contributed by atoms with Gasteiger partial charge in [0.1, 0.15) is 11.5 Å². The van der Waals surface area contributed by atoms with Crippen LogP contribution >= 0.6 is 0 Å². The Hall–Kier alpha value is -3.01. The van der Waals surface area contributed by atoms with Crippen molar-refractivity contribution < 1.29 is 22.7 Å². The molecule has 2 heterocycles. The zero-order valence-corrected chi connectivity index (χ0v) is 15.3. The van der Waals surface area contributed by atoms with E-state index >= 15 is 0 Å². The highest BCUT2D eigenvalue weighted by atomic mass is 32.2. The molecule has 1 aliphatic heterocycles. The van der Waals surface area contributed by atoms with Crippen molar-refractivity contribution in [3.63, 3.8) is 0 Å². The van der Waals surface area contributed by atoms with Gasteiger partial charge in [-0.1, -0.05) is 12.1 Å². The van der Waals surface area contributed by atoms with Crippen LogP contribution in [0.15, 0.2) is 36.7 Å². The van der Waals surface area contributed by atoms with Crippen LogP contribution in [-0.4, -0.2) is 54.9 Å². The topological polar surface area (TPSA) is 127 Å². The van der Waals surface area contributed by atoms with E-state index in [1.807, 2.05) is 0 Å². The first-order valence-electron chi connectivity index (χ1n) is 8.15. The van der Waals surface area contributed by atoms with Crippen molar-refractivity contribution in [2.75, 3.05) is 23.9 Å². The minimum absolute atomic E-state index is 0.0594.